The summed E-state index contributed by atoms with van der Waals surface area (Å²) in [4.78, 5) is 4.14. The molecule has 0 unspecified atom stereocenters. The fourth-order valence-electron chi connectivity index (χ4n) is 2.02. The largest absolute Gasteiger partial charge is 0.369 e. The number of nitrogens with zero attached hydrogens (tertiary/aromatic N) is 2. The number of halogens is 1. The molecule has 1 aliphatic heterocycles. The Hall–Kier alpha value is -1.31. The molecule has 2 N–H and O–H groups in total. The number of aromatic nitrogens is 1. The molecule has 1 aromatic heterocycles. The van der Waals surface area contributed by atoms with E-state index in [4.69, 9.17) is 16.9 Å². The average Bonchev–Trinajstić information content (AvgIpc) is 2.84. The molecule has 1 saturated heterocycles. The van der Waals surface area contributed by atoms with Crippen molar-refractivity contribution in [1.29, 1.82) is 5.26 Å². The van der Waals surface area contributed by atoms with Gasteiger partial charge >= 0.3 is 0 Å². The Morgan fingerprint density at radius 3 is 3.24 bits per heavy atom. The molecule has 2 heterocycles. The van der Waals surface area contributed by atoms with Crippen LogP contribution in [0.3, 0.4) is 0 Å². The van der Waals surface area contributed by atoms with Crippen molar-refractivity contribution in [3.8, 4) is 6.07 Å². The molecule has 4 nitrogen and oxygen atoms in total. The second-order valence-corrected chi connectivity index (χ2v) is 4.52. The zero-order valence-electron chi connectivity index (χ0n) is 9.54. The molecule has 90 valence electrons. The van der Waals surface area contributed by atoms with Gasteiger partial charge in [0.05, 0.1) is 5.56 Å². The van der Waals surface area contributed by atoms with E-state index in [1.54, 1.807) is 12.3 Å². The van der Waals surface area contributed by atoms with Crippen LogP contribution in [-0.2, 0) is 0 Å². The van der Waals surface area contributed by atoms with Crippen LogP contribution in [-0.4, -0.2) is 24.1 Å². The molecule has 0 saturated carbocycles. The molecule has 17 heavy (non-hydrogen) atoms. The van der Waals surface area contributed by atoms with Crippen LogP contribution in [0.15, 0.2) is 12.3 Å². The lowest BCUT2D eigenvalue weighted by Gasteiger charge is -2.12. The average molecular weight is 251 g/mol. The first kappa shape index (κ1) is 12.2. The minimum Gasteiger partial charge on any atom is -0.369 e. The highest BCUT2D eigenvalue weighted by Gasteiger charge is 2.13. The first-order chi connectivity index (χ1) is 8.31. The van der Waals surface area contributed by atoms with Crippen LogP contribution in [0.1, 0.15) is 24.8 Å². The molecular weight excluding hydrogens is 236 g/mol. The summed E-state index contributed by atoms with van der Waals surface area (Å²) >= 11 is 6.04. The van der Waals surface area contributed by atoms with Gasteiger partial charge in [-0.25, -0.2) is 4.98 Å². The first-order valence-corrected chi connectivity index (χ1v) is 6.21. The molecule has 1 aromatic rings. The maximum absolute atomic E-state index is 8.84. The predicted molar refractivity (Wildman–Crippen MR) is 68.1 cm³/mol. The molecule has 1 fully saturated rings. The van der Waals surface area contributed by atoms with Crippen LogP contribution < -0.4 is 10.6 Å². The Kier molecular flexibility index (Phi) is 4.18. The van der Waals surface area contributed by atoms with Crippen LogP contribution in [0.5, 0.6) is 0 Å². The molecule has 0 aromatic carbocycles. The highest BCUT2D eigenvalue weighted by atomic mass is 35.5. The summed E-state index contributed by atoms with van der Waals surface area (Å²) in [5.74, 6) is 0.601. The van der Waals surface area contributed by atoms with E-state index in [9.17, 15) is 0 Å². The summed E-state index contributed by atoms with van der Waals surface area (Å²) in [6, 6.07) is 4.26. The van der Waals surface area contributed by atoms with Crippen molar-refractivity contribution in [1.82, 2.24) is 10.3 Å². The van der Waals surface area contributed by atoms with Crippen LogP contribution >= 0.6 is 11.6 Å². The van der Waals surface area contributed by atoms with E-state index in [1.807, 2.05) is 6.07 Å². The molecule has 0 bridgehead atoms. The van der Waals surface area contributed by atoms with Gasteiger partial charge in [-0.05, 0) is 31.9 Å². The molecule has 5 heteroatoms. The zero-order valence-corrected chi connectivity index (χ0v) is 10.3. The number of pyridine rings is 1. The van der Waals surface area contributed by atoms with Crippen LogP contribution in [0.2, 0.25) is 5.02 Å². The highest BCUT2D eigenvalue weighted by molar-refractivity contribution is 6.34. The lowest BCUT2D eigenvalue weighted by Crippen LogP contribution is -2.24. The maximum Gasteiger partial charge on any atom is 0.146 e. The summed E-state index contributed by atoms with van der Waals surface area (Å²) < 4.78 is 0. The Labute approximate surface area is 106 Å². The van der Waals surface area contributed by atoms with Gasteiger partial charge in [-0.1, -0.05) is 11.6 Å². The quantitative estimate of drug-likeness (QED) is 0.860. The third kappa shape index (κ3) is 3.09. The predicted octanol–water partition coefficient (Wildman–Crippen LogP) is 2.16. The fourth-order valence-corrected chi connectivity index (χ4v) is 2.24. The third-order valence-corrected chi connectivity index (χ3v) is 3.34. The SMILES string of the molecule is N#Cc1ccnc(NCC[C@H]2CCCN2)c1Cl. The van der Waals surface area contributed by atoms with Crippen molar-refractivity contribution < 1.29 is 0 Å². The number of rotatable bonds is 4. The third-order valence-electron chi connectivity index (χ3n) is 2.96. The van der Waals surface area contributed by atoms with Crippen molar-refractivity contribution in [3.63, 3.8) is 0 Å². The van der Waals surface area contributed by atoms with Crippen molar-refractivity contribution in [2.45, 2.75) is 25.3 Å². The standard InChI is InChI=1S/C12H15ClN4/c13-11-9(8-14)3-6-16-12(11)17-7-4-10-2-1-5-15-10/h3,6,10,15H,1-2,4-5,7H2,(H,16,17)/t10-/m1/s1. The smallest absolute Gasteiger partial charge is 0.146 e. The molecule has 0 radical (unpaired) electrons. The van der Waals surface area contributed by atoms with Gasteiger partial charge in [0.2, 0.25) is 0 Å². The van der Waals surface area contributed by atoms with E-state index >= 15 is 0 Å². The summed E-state index contributed by atoms with van der Waals surface area (Å²) in [5, 5.41) is 15.9. The van der Waals surface area contributed by atoms with Gasteiger partial charge in [0.15, 0.2) is 0 Å². The van der Waals surface area contributed by atoms with Gasteiger partial charge in [0.25, 0.3) is 0 Å². The van der Waals surface area contributed by atoms with E-state index < -0.39 is 0 Å². The summed E-state index contributed by atoms with van der Waals surface area (Å²) in [7, 11) is 0. The Bertz CT molecular complexity index is 421. The summed E-state index contributed by atoms with van der Waals surface area (Å²) in [6.45, 7) is 1.94. The van der Waals surface area contributed by atoms with Crippen molar-refractivity contribution in [2.75, 3.05) is 18.4 Å². The van der Waals surface area contributed by atoms with Gasteiger partial charge in [0.1, 0.15) is 16.9 Å². The molecule has 0 amide bonds. The number of hydrogen-bond acceptors (Lipinski definition) is 4. The minimum atomic E-state index is 0.411. The van der Waals surface area contributed by atoms with E-state index in [0.717, 1.165) is 19.5 Å². The highest BCUT2D eigenvalue weighted by Crippen LogP contribution is 2.22. The van der Waals surface area contributed by atoms with E-state index in [1.165, 1.54) is 12.8 Å². The van der Waals surface area contributed by atoms with Crippen LogP contribution in [0, 0.1) is 11.3 Å². The lowest BCUT2D eigenvalue weighted by molar-refractivity contribution is 0.574. The lowest BCUT2D eigenvalue weighted by atomic mass is 10.1. The van der Waals surface area contributed by atoms with E-state index in [-0.39, 0.29) is 0 Å². The molecule has 0 aliphatic carbocycles. The topological polar surface area (TPSA) is 60.7 Å². The second-order valence-electron chi connectivity index (χ2n) is 4.14. The maximum atomic E-state index is 8.84. The number of nitrogens with one attached hydrogen (secondary N) is 2. The van der Waals surface area contributed by atoms with Crippen molar-refractivity contribution in [2.24, 2.45) is 0 Å². The minimum absolute atomic E-state index is 0.411. The zero-order chi connectivity index (χ0) is 12.1. The number of nitriles is 1. The van der Waals surface area contributed by atoms with Crippen LogP contribution in [0.4, 0.5) is 5.82 Å². The monoisotopic (exact) mass is 250 g/mol. The van der Waals surface area contributed by atoms with Gasteiger partial charge in [0, 0.05) is 18.8 Å². The summed E-state index contributed by atoms with van der Waals surface area (Å²) in [5.41, 5.74) is 0.461. The van der Waals surface area contributed by atoms with Gasteiger partial charge in [-0.2, -0.15) is 5.26 Å². The van der Waals surface area contributed by atoms with Gasteiger partial charge in [-0.3, -0.25) is 0 Å². The molecule has 2 rings (SSSR count). The fraction of sp³-hybridized carbons (Fsp3) is 0.500. The van der Waals surface area contributed by atoms with Crippen molar-refractivity contribution >= 4 is 17.4 Å². The Morgan fingerprint density at radius 2 is 2.53 bits per heavy atom. The van der Waals surface area contributed by atoms with Gasteiger partial charge in [-0.15, -0.1) is 0 Å². The normalized spacial score (nSPS) is 18.9. The van der Waals surface area contributed by atoms with Gasteiger partial charge < -0.3 is 10.6 Å². The second kappa shape index (κ2) is 5.85. The summed E-state index contributed by atoms with van der Waals surface area (Å²) in [6.07, 6.45) is 5.14. The molecule has 0 spiro atoms. The first-order valence-electron chi connectivity index (χ1n) is 5.83. The Morgan fingerprint density at radius 1 is 1.65 bits per heavy atom. The van der Waals surface area contributed by atoms with E-state index in [0.29, 0.717) is 22.4 Å². The van der Waals surface area contributed by atoms with Crippen LogP contribution in [0.25, 0.3) is 0 Å². The molecular formula is C12H15ClN4. The molecule has 1 aliphatic rings. The Balaban J connectivity index is 1.88. The van der Waals surface area contributed by atoms with E-state index in [2.05, 4.69) is 15.6 Å². The number of hydrogen-bond donors (Lipinski definition) is 2. The number of anilines is 1. The van der Waals surface area contributed by atoms with Crippen molar-refractivity contribution in [3.05, 3.63) is 22.8 Å². The molecule has 1 atom stereocenters.